The van der Waals surface area contributed by atoms with Crippen molar-refractivity contribution in [3.8, 4) is 0 Å². The van der Waals surface area contributed by atoms with Crippen LogP contribution < -0.4 is 0 Å². The second-order valence-electron chi connectivity index (χ2n) is 3.06. The molecule has 0 unspecified atom stereocenters. The van der Waals surface area contributed by atoms with Gasteiger partial charge in [0.25, 0.3) is 0 Å². The van der Waals surface area contributed by atoms with Crippen LogP contribution in [0.4, 0.5) is 4.39 Å². The largest absolute Gasteiger partial charge is 0.295 e. The van der Waals surface area contributed by atoms with E-state index in [1.807, 2.05) is 0 Å². The third kappa shape index (κ3) is 2.67. The van der Waals surface area contributed by atoms with Crippen molar-refractivity contribution in [2.45, 2.75) is 13.8 Å². The maximum absolute atomic E-state index is 12.8. The summed E-state index contributed by atoms with van der Waals surface area (Å²) in [6, 6.07) is 4.35. The van der Waals surface area contributed by atoms with Crippen LogP contribution >= 0.6 is 11.6 Å². The minimum absolute atomic E-state index is 0.00884. The molecule has 1 aromatic rings. The Bertz CT molecular complexity index is 396. The number of carbonyl (C=O) groups is 1. The van der Waals surface area contributed by atoms with Crippen molar-refractivity contribution in [3.05, 3.63) is 40.2 Å². The van der Waals surface area contributed by atoms with E-state index in [9.17, 15) is 9.18 Å². The first kappa shape index (κ1) is 10.9. The van der Waals surface area contributed by atoms with E-state index in [0.29, 0.717) is 5.57 Å². The van der Waals surface area contributed by atoms with E-state index in [0.717, 1.165) is 5.56 Å². The van der Waals surface area contributed by atoms with Crippen LogP contribution in [0.2, 0.25) is 5.02 Å². The molecule has 14 heavy (non-hydrogen) atoms. The summed E-state index contributed by atoms with van der Waals surface area (Å²) in [7, 11) is 0. The fourth-order valence-electron chi connectivity index (χ4n) is 0.954. The number of ketones is 1. The van der Waals surface area contributed by atoms with Gasteiger partial charge in [-0.1, -0.05) is 17.7 Å². The molecule has 0 amide bonds. The molecule has 0 saturated heterocycles. The van der Waals surface area contributed by atoms with E-state index < -0.39 is 5.82 Å². The minimum atomic E-state index is -0.454. The molecule has 0 aliphatic rings. The van der Waals surface area contributed by atoms with Crippen LogP contribution in [0.3, 0.4) is 0 Å². The van der Waals surface area contributed by atoms with Gasteiger partial charge in [-0.3, -0.25) is 4.79 Å². The molecule has 0 fully saturated rings. The summed E-state index contributed by atoms with van der Waals surface area (Å²) in [5.74, 6) is -0.463. The molecule has 0 atom stereocenters. The van der Waals surface area contributed by atoms with Crippen LogP contribution in [-0.4, -0.2) is 5.78 Å². The molecule has 1 rings (SSSR count). The second kappa shape index (κ2) is 4.38. The normalized spacial score (nSPS) is 11.6. The molecule has 0 saturated carbocycles. The smallest absolute Gasteiger partial charge is 0.155 e. The Morgan fingerprint density at radius 2 is 2.07 bits per heavy atom. The lowest BCUT2D eigenvalue weighted by Crippen LogP contribution is -1.90. The molecule has 3 heteroatoms. The molecule has 0 aliphatic carbocycles. The Kier molecular flexibility index (Phi) is 3.42. The third-order valence-corrected chi connectivity index (χ3v) is 2.17. The Morgan fingerprint density at radius 1 is 1.43 bits per heavy atom. The SMILES string of the molecule is CC(=O)/C(C)=C/c1ccc(F)c(Cl)c1. The van der Waals surface area contributed by atoms with Gasteiger partial charge in [0.1, 0.15) is 5.82 Å². The maximum Gasteiger partial charge on any atom is 0.155 e. The zero-order valence-corrected chi connectivity index (χ0v) is 8.73. The minimum Gasteiger partial charge on any atom is -0.295 e. The Hall–Kier alpha value is -1.15. The molecule has 0 aromatic heterocycles. The topological polar surface area (TPSA) is 17.1 Å². The lowest BCUT2D eigenvalue weighted by molar-refractivity contribution is -0.113. The number of hydrogen-bond acceptors (Lipinski definition) is 1. The van der Waals surface area contributed by atoms with E-state index in [4.69, 9.17) is 11.6 Å². The summed E-state index contributed by atoms with van der Waals surface area (Å²) in [6.07, 6.45) is 1.67. The van der Waals surface area contributed by atoms with Crippen molar-refractivity contribution in [2.75, 3.05) is 0 Å². The van der Waals surface area contributed by atoms with E-state index >= 15 is 0 Å². The van der Waals surface area contributed by atoms with Crippen molar-refractivity contribution in [2.24, 2.45) is 0 Å². The summed E-state index contributed by atoms with van der Waals surface area (Å²) in [6.45, 7) is 3.19. The third-order valence-electron chi connectivity index (χ3n) is 1.88. The van der Waals surface area contributed by atoms with Crippen LogP contribution in [0.5, 0.6) is 0 Å². The molecule has 74 valence electrons. The Morgan fingerprint density at radius 3 is 2.57 bits per heavy atom. The summed E-state index contributed by atoms with van der Waals surface area (Å²) < 4.78 is 12.8. The molecule has 0 aliphatic heterocycles. The van der Waals surface area contributed by atoms with Gasteiger partial charge in [-0.05, 0) is 43.2 Å². The fourth-order valence-corrected chi connectivity index (χ4v) is 1.14. The van der Waals surface area contributed by atoms with Crippen LogP contribution in [0.15, 0.2) is 23.8 Å². The van der Waals surface area contributed by atoms with Gasteiger partial charge in [0, 0.05) is 0 Å². The molecule has 1 aromatic carbocycles. The van der Waals surface area contributed by atoms with Crippen LogP contribution in [0.1, 0.15) is 19.4 Å². The number of Topliss-reactive ketones (excluding diaryl/α,β-unsaturated/α-hetero) is 1. The van der Waals surface area contributed by atoms with Gasteiger partial charge < -0.3 is 0 Å². The maximum atomic E-state index is 12.8. The molecule has 0 heterocycles. The quantitative estimate of drug-likeness (QED) is 0.686. The van der Waals surface area contributed by atoms with Crippen molar-refractivity contribution < 1.29 is 9.18 Å². The predicted molar refractivity (Wildman–Crippen MR) is 55.7 cm³/mol. The number of rotatable bonds is 2. The van der Waals surface area contributed by atoms with Gasteiger partial charge in [-0.25, -0.2) is 4.39 Å². The zero-order valence-electron chi connectivity index (χ0n) is 7.97. The Balaban J connectivity index is 3.04. The summed E-state index contributed by atoms with van der Waals surface area (Å²) in [5.41, 5.74) is 1.34. The highest BCUT2D eigenvalue weighted by Gasteiger charge is 2.00. The average Bonchev–Trinajstić information content (AvgIpc) is 2.11. The van der Waals surface area contributed by atoms with Gasteiger partial charge in [0.2, 0.25) is 0 Å². The van der Waals surface area contributed by atoms with Gasteiger partial charge in [-0.2, -0.15) is 0 Å². The highest BCUT2D eigenvalue weighted by atomic mass is 35.5. The lowest BCUT2D eigenvalue weighted by Gasteiger charge is -1.98. The molecule has 0 bridgehead atoms. The number of hydrogen-bond donors (Lipinski definition) is 0. The van der Waals surface area contributed by atoms with Crippen LogP contribution in [0.25, 0.3) is 6.08 Å². The van der Waals surface area contributed by atoms with Crippen LogP contribution in [0, 0.1) is 5.82 Å². The van der Waals surface area contributed by atoms with Gasteiger partial charge in [0.05, 0.1) is 5.02 Å². The summed E-state index contributed by atoms with van der Waals surface area (Å²) in [4.78, 5) is 10.9. The second-order valence-corrected chi connectivity index (χ2v) is 3.46. The van der Waals surface area contributed by atoms with Gasteiger partial charge >= 0.3 is 0 Å². The van der Waals surface area contributed by atoms with Gasteiger partial charge in [-0.15, -0.1) is 0 Å². The molecule has 1 nitrogen and oxygen atoms in total. The van der Waals surface area contributed by atoms with Crippen molar-refractivity contribution in [1.82, 2.24) is 0 Å². The van der Waals surface area contributed by atoms with E-state index in [2.05, 4.69) is 0 Å². The number of benzene rings is 1. The predicted octanol–water partition coefficient (Wildman–Crippen LogP) is 3.47. The fraction of sp³-hybridized carbons (Fsp3) is 0.182. The summed E-state index contributed by atoms with van der Waals surface area (Å²) >= 11 is 5.59. The highest BCUT2D eigenvalue weighted by molar-refractivity contribution is 6.30. The standard InChI is InChI=1S/C11H10ClFO/c1-7(8(2)14)5-9-3-4-11(13)10(12)6-9/h3-6H,1-2H3/b7-5+. The van der Waals surface area contributed by atoms with Crippen LogP contribution in [-0.2, 0) is 4.79 Å². The molecule has 0 spiro atoms. The number of carbonyl (C=O) groups excluding carboxylic acids is 1. The molecule has 0 radical (unpaired) electrons. The first-order valence-corrected chi connectivity index (χ1v) is 4.53. The number of allylic oxidation sites excluding steroid dienone is 1. The van der Waals surface area contributed by atoms with Crippen molar-refractivity contribution >= 4 is 23.5 Å². The van der Waals surface area contributed by atoms with Crippen molar-refractivity contribution in [1.29, 1.82) is 0 Å². The summed E-state index contributed by atoms with van der Waals surface area (Å²) in [5, 5.41) is 0.0649. The molecular weight excluding hydrogens is 203 g/mol. The lowest BCUT2D eigenvalue weighted by atomic mass is 10.1. The van der Waals surface area contributed by atoms with Gasteiger partial charge in [0.15, 0.2) is 5.78 Å². The first-order chi connectivity index (χ1) is 6.50. The van der Waals surface area contributed by atoms with E-state index in [-0.39, 0.29) is 10.8 Å². The van der Waals surface area contributed by atoms with Crippen molar-refractivity contribution in [3.63, 3.8) is 0 Å². The molecule has 0 N–H and O–H groups in total. The monoisotopic (exact) mass is 212 g/mol. The number of halogens is 2. The van der Waals surface area contributed by atoms with E-state index in [1.54, 1.807) is 19.1 Å². The Labute approximate surface area is 87.2 Å². The van der Waals surface area contributed by atoms with E-state index in [1.165, 1.54) is 19.1 Å². The molecular formula is C11H10ClFO. The highest BCUT2D eigenvalue weighted by Crippen LogP contribution is 2.17. The zero-order chi connectivity index (χ0) is 10.7. The average molecular weight is 213 g/mol. The first-order valence-electron chi connectivity index (χ1n) is 4.15.